The summed E-state index contributed by atoms with van der Waals surface area (Å²) in [4.78, 5) is 0. The third-order valence-corrected chi connectivity index (χ3v) is 3.34. The SMILES string of the molecule is BCCC1C(Cl)CC(O)C1C. The molecule has 0 aromatic carbocycles. The third-order valence-electron chi connectivity index (χ3n) is 2.84. The van der Waals surface area contributed by atoms with Gasteiger partial charge in [0.05, 0.1) is 6.10 Å². The van der Waals surface area contributed by atoms with Crippen LogP contribution in [0, 0.1) is 11.8 Å². The molecule has 0 bridgehead atoms. The second-order valence-electron chi connectivity index (χ2n) is 3.63. The zero-order chi connectivity index (χ0) is 8.43. The van der Waals surface area contributed by atoms with Crippen molar-refractivity contribution in [3.63, 3.8) is 0 Å². The topological polar surface area (TPSA) is 20.2 Å². The molecule has 11 heavy (non-hydrogen) atoms. The highest BCUT2D eigenvalue weighted by Crippen LogP contribution is 2.38. The lowest BCUT2D eigenvalue weighted by atomic mass is 9.87. The van der Waals surface area contributed by atoms with Crippen molar-refractivity contribution in [1.29, 1.82) is 0 Å². The Morgan fingerprint density at radius 3 is 2.64 bits per heavy atom. The molecule has 0 amide bonds. The van der Waals surface area contributed by atoms with Gasteiger partial charge in [-0.05, 0) is 18.3 Å². The van der Waals surface area contributed by atoms with Crippen LogP contribution in [0.4, 0.5) is 0 Å². The van der Waals surface area contributed by atoms with E-state index in [1.165, 1.54) is 6.32 Å². The van der Waals surface area contributed by atoms with Crippen LogP contribution in [-0.4, -0.2) is 24.4 Å². The Bertz CT molecular complexity index is 131. The molecule has 3 heteroatoms. The van der Waals surface area contributed by atoms with Crippen LogP contribution in [0.1, 0.15) is 19.8 Å². The van der Waals surface area contributed by atoms with Gasteiger partial charge in [-0.15, -0.1) is 11.6 Å². The summed E-state index contributed by atoms with van der Waals surface area (Å²) in [7, 11) is 2.17. The maximum Gasteiger partial charge on any atom is 0.101 e. The number of rotatable bonds is 2. The number of hydrogen-bond acceptors (Lipinski definition) is 1. The summed E-state index contributed by atoms with van der Waals surface area (Å²) in [5.41, 5.74) is 0. The monoisotopic (exact) mass is 174 g/mol. The molecule has 4 unspecified atom stereocenters. The molecule has 1 aliphatic rings. The minimum Gasteiger partial charge on any atom is -0.393 e. The highest BCUT2D eigenvalue weighted by atomic mass is 35.5. The quantitative estimate of drug-likeness (QED) is 0.490. The minimum atomic E-state index is -0.158. The van der Waals surface area contributed by atoms with Crippen LogP contribution in [0.3, 0.4) is 0 Å². The van der Waals surface area contributed by atoms with E-state index in [0.717, 1.165) is 12.8 Å². The molecule has 1 aliphatic carbocycles. The zero-order valence-electron chi connectivity index (χ0n) is 7.26. The smallest absolute Gasteiger partial charge is 0.101 e. The molecule has 1 rings (SSSR count). The first-order valence-electron chi connectivity index (χ1n) is 4.49. The molecule has 0 saturated heterocycles. The summed E-state index contributed by atoms with van der Waals surface area (Å²) < 4.78 is 0. The summed E-state index contributed by atoms with van der Waals surface area (Å²) in [6.07, 6.45) is 2.96. The maximum absolute atomic E-state index is 9.48. The van der Waals surface area contributed by atoms with E-state index in [-0.39, 0.29) is 11.5 Å². The molecule has 0 aromatic rings. The van der Waals surface area contributed by atoms with Crippen LogP contribution in [-0.2, 0) is 0 Å². The van der Waals surface area contributed by atoms with Crippen LogP contribution >= 0.6 is 11.6 Å². The van der Waals surface area contributed by atoms with Crippen molar-refractivity contribution in [1.82, 2.24) is 0 Å². The Labute approximate surface area is 74.5 Å². The largest absolute Gasteiger partial charge is 0.393 e. The Balaban J connectivity index is 2.49. The lowest BCUT2D eigenvalue weighted by molar-refractivity contribution is 0.127. The van der Waals surface area contributed by atoms with E-state index in [1.807, 2.05) is 0 Å². The second kappa shape index (κ2) is 3.82. The van der Waals surface area contributed by atoms with Crippen molar-refractivity contribution < 1.29 is 5.11 Å². The van der Waals surface area contributed by atoms with Crippen molar-refractivity contribution in [2.24, 2.45) is 11.8 Å². The summed E-state index contributed by atoms with van der Waals surface area (Å²) in [6.45, 7) is 2.10. The molecule has 1 nitrogen and oxygen atoms in total. The third kappa shape index (κ3) is 1.91. The molecule has 64 valence electrons. The maximum atomic E-state index is 9.48. The predicted molar refractivity (Wildman–Crippen MR) is 50.9 cm³/mol. The van der Waals surface area contributed by atoms with Crippen LogP contribution in [0.5, 0.6) is 0 Å². The van der Waals surface area contributed by atoms with Crippen molar-refractivity contribution in [3.8, 4) is 0 Å². The first kappa shape index (κ1) is 9.40. The van der Waals surface area contributed by atoms with E-state index in [2.05, 4.69) is 14.8 Å². The molecule has 1 N–H and O–H groups in total. The molecular weight excluding hydrogens is 158 g/mol. The Kier molecular flexibility index (Phi) is 3.26. The van der Waals surface area contributed by atoms with Gasteiger partial charge in [-0.1, -0.05) is 19.7 Å². The van der Waals surface area contributed by atoms with Crippen molar-refractivity contribution >= 4 is 19.4 Å². The van der Waals surface area contributed by atoms with Crippen LogP contribution < -0.4 is 0 Å². The van der Waals surface area contributed by atoms with Crippen LogP contribution in [0.15, 0.2) is 0 Å². The Morgan fingerprint density at radius 1 is 1.64 bits per heavy atom. The number of aliphatic hydroxyl groups is 1. The Morgan fingerprint density at radius 2 is 2.27 bits per heavy atom. The number of halogens is 1. The fourth-order valence-electron chi connectivity index (χ4n) is 2.01. The van der Waals surface area contributed by atoms with Gasteiger partial charge in [0.1, 0.15) is 7.85 Å². The standard InChI is InChI=1S/C8H16BClO/c1-5-6(2-3-9)7(10)4-8(5)11/h5-8,11H,2-4,9H2,1H3. The molecule has 0 radical (unpaired) electrons. The Hall–Kier alpha value is 0.315. The molecule has 4 atom stereocenters. The van der Waals surface area contributed by atoms with Crippen LogP contribution in [0.2, 0.25) is 6.32 Å². The fourth-order valence-corrected chi connectivity index (χ4v) is 2.55. The van der Waals surface area contributed by atoms with E-state index in [1.54, 1.807) is 0 Å². The van der Waals surface area contributed by atoms with E-state index in [4.69, 9.17) is 11.6 Å². The molecule has 0 spiro atoms. The molecule has 1 saturated carbocycles. The fraction of sp³-hybridized carbons (Fsp3) is 1.00. The number of alkyl halides is 1. The normalized spacial score (nSPS) is 44.6. The summed E-state index contributed by atoms with van der Waals surface area (Å²) >= 11 is 6.09. The molecule has 0 aromatic heterocycles. The summed E-state index contributed by atoms with van der Waals surface area (Å²) in [5.74, 6) is 0.939. The second-order valence-corrected chi connectivity index (χ2v) is 4.19. The first-order valence-corrected chi connectivity index (χ1v) is 4.92. The predicted octanol–water partition coefficient (Wildman–Crippen LogP) is 1.05. The van der Waals surface area contributed by atoms with Gasteiger partial charge in [-0.3, -0.25) is 0 Å². The van der Waals surface area contributed by atoms with Gasteiger partial charge < -0.3 is 5.11 Å². The van der Waals surface area contributed by atoms with Crippen molar-refractivity contribution in [2.45, 2.75) is 37.6 Å². The first-order chi connectivity index (χ1) is 5.16. The molecule has 1 fully saturated rings. The number of hydrogen-bond donors (Lipinski definition) is 1. The van der Waals surface area contributed by atoms with Gasteiger partial charge in [0.2, 0.25) is 0 Å². The van der Waals surface area contributed by atoms with E-state index < -0.39 is 0 Å². The lowest BCUT2D eigenvalue weighted by Gasteiger charge is -2.17. The van der Waals surface area contributed by atoms with E-state index in [0.29, 0.717) is 11.8 Å². The van der Waals surface area contributed by atoms with Gasteiger partial charge in [0, 0.05) is 5.38 Å². The minimum absolute atomic E-state index is 0.158. The average Bonchev–Trinajstić information content (AvgIpc) is 2.17. The highest BCUT2D eigenvalue weighted by molar-refractivity contribution is 6.21. The average molecular weight is 174 g/mol. The van der Waals surface area contributed by atoms with Crippen molar-refractivity contribution in [3.05, 3.63) is 0 Å². The van der Waals surface area contributed by atoms with Crippen molar-refractivity contribution in [2.75, 3.05) is 0 Å². The number of aliphatic hydroxyl groups excluding tert-OH is 1. The van der Waals surface area contributed by atoms with Gasteiger partial charge >= 0.3 is 0 Å². The molecule has 0 heterocycles. The van der Waals surface area contributed by atoms with E-state index >= 15 is 0 Å². The molecule has 0 aliphatic heterocycles. The van der Waals surface area contributed by atoms with Gasteiger partial charge in [0.25, 0.3) is 0 Å². The summed E-state index contributed by atoms with van der Waals surface area (Å²) in [5, 5.41) is 9.69. The van der Waals surface area contributed by atoms with E-state index in [9.17, 15) is 5.11 Å². The molecular formula is C8H16BClO. The van der Waals surface area contributed by atoms with Gasteiger partial charge in [-0.25, -0.2) is 0 Å². The lowest BCUT2D eigenvalue weighted by Crippen LogP contribution is -2.16. The van der Waals surface area contributed by atoms with Gasteiger partial charge in [-0.2, -0.15) is 0 Å². The summed E-state index contributed by atoms with van der Waals surface area (Å²) in [6, 6.07) is 0. The van der Waals surface area contributed by atoms with Crippen LogP contribution in [0.25, 0.3) is 0 Å². The zero-order valence-corrected chi connectivity index (χ0v) is 8.01. The highest BCUT2D eigenvalue weighted by Gasteiger charge is 2.37. The van der Waals surface area contributed by atoms with Gasteiger partial charge in [0.15, 0.2) is 0 Å².